The van der Waals surface area contributed by atoms with Crippen molar-refractivity contribution in [1.82, 2.24) is 15.3 Å². The van der Waals surface area contributed by atoms with Gasteiger partial charge in [0, 0.05) is 11.6 Å². The highest BCUT2D eigenvalue weighted by Crippen LogP contribution is 2.21. The lowest BCUT2D eigenvalue weighted by molar-refractivity contribution is -0.121. The first-order valence-corrected chi connectivity index (χ1v) is 9.27. The Balaban J connectivity index is 1.59. The fourth-order valence-corrected chi connectivity index (χ4v) is 3.37. The second-order valence-corrected chi connectivity index (χ2v) is 6.78. The Morgan fingerprint density at radius 2 is 2.00 bits per heavy atom. The highest BCUT2D eigenvalue weighted by Gasteiger charge is 2.13. The fraction of sp³-hybridized carbons (Fsp3) is 0.250. The van der Waals surface area contributed by atoms with Gasteiger partial charge in [-0.1, -0.05) is 37.3 Å². The molecule has 0 aliphatic carbocycles. The van der Waals surface area contributed by atoms with Crippen molar-refractivity contribution < 1.29 is 4.79 Å². The number of nitrogens with zero attached hydrogens (tertiary/aromatic N) is 2. The van der Waals surface area contributed by atoms with Gasteiger partial charge in [-0.25, -0.2) is 4.98 Å². The van der Waals surface area contributed by atoms with Gasteiger partial charge < -0.3 is 5.32 Å². The molecular weight excluding hydrogens is 330 g/mol. The molecule has 4 nitrogen and oxygen atoms in total. The van der Waals surface area contributed by atoms with Crippen LogP contribution in [0.3, 0.4) is 0 Å². The fourth-order valence-electron chi connectivity index (χ4n) is 2.58. The van der Waals surface area contributed by atoms with Gasteiger partial charge in [0.05, 0.1) is 23.9 Å². The van der Waals surface area contributed by atoms with Gasteiger partial charge in [-0.3, -0.25) is 9.78 Å². The molecule has 0 aliphatic heterocycles. The Morgan fingerprint density at radius 1 is 1.20 bits per heavy atom. The van der Waals surface area contributed by atoms with Crippen molar-refractivity contribution in [3.63, 3.8) is 0 Å². The van der Waals surface area contributed by atoms with Crippen LogP contribution in [0.5, 0.6) is 0 Å². The molecule has 0 bridgehead atoms. The SMILES string of the molecule is CCc1ccc(C(C)NC(=O)Cc2csc(-c3ccccn3)n2)cc1. The lowest BCUT2D eigenvalue weighted by atomic mass is 10.0. The number of thiazole rings is 1. The number of rotatable bonds is 6. The van der Waals surface area contributed by atoms with Crippen LogP contribution >= 0.6 is 11.3 Å². The predicted molar refractivity (Wildman–Crippen MR) is 101 cm³/mol. The summed E-state index contributed by atoms with van der Waals surface area (Å²) in [4.78, 5) is 21.1. The van der Waals surface area contributed by atoms with Gasteiger partial charge in [0.15, 0.2) is 0 Å². The number of benzene rings is 1. The van der Waals surface area contributed by atoms with Gasteiger partial charge in [0.1, 0.15) is 5.01 Å². The molecule has 1 atom stereocenters. The van der Waals surface area contributed by atoms with Crippen LogP contribution in [0.2, 0.25) is 0 Å². The van der Waals surface area contributed by atoms with Gasteiger partial charge in [0.2, 0.25) is 5.91 Å². The first kappa shape index (κ1) is 17.3. The summed E-state index contributed by atoms with van der Waals surface area (Å²) in [6.45, 7) is 4.13. The minimum Gasteiger partial charge on any atom is -0.349 e. The molecule has 3 aromatic rings. The Hall–Kier alpha value is -2.53. The number of nitrogens with one attached hydrogen (secondary N) is 1. The molecule has 5 heteroatoms. The van der Waals surface area contributed by atoms with Crippen LogP contribution in [-0.2, 0) is 17.6 Å². The van der Waals surface area contributed by atoms with Crippen LogP contribution in [0.15, 0.2) is 54.0 Å². The summed E-state index contributed by atoms with van der Waals surface area (Å²) >= 11 is 1.51. The van der Waals surface area contributed by atoms with E-state index in [9.17, 15) is 4.79 Å². The molecule has 1 N–H and O–H groups in total. The van der Waals surface area contributed by atoms with E-state index in [4.69, 9.17) is 0 Å². The molecule has 0 saturated carbocycles. The third-order valence-corrected chi connectivity index (χ3v) is 4.96. The molecule has 0 saturated heterocycles. The van der Waals surface area contributed by atoms with Gasteiger partial charge in [-0.05, 0) is 36.6 Å². The first-order valence-electron chi connectivity index (χ1n) is 8.39. The monoisotopic (exact) mass is 351 g/mol. The zero-order chi connectivity index (χ0) is 17.6. The van der Waals surface area contributed by atoms with E-state index in [0.29, 0.717) is 0 Å². The van der Waals surface area contributed by atoms with Crippen LogP contribution < -0.4 is 5.32 Å². The summed E-state index contributed by atoms with van der Waals surface area (Å²) in [7, 11) is 0. The lowest BCUT2D eigenvalue weighted by Gasteiger charge is -2.14. The normalized spacial score (nSPS) is 11.9. The van der Waals surface area contributed by atoms with Crippen LogP contribution in [0.1, 0.15) is 36.7 Å². The average molecular weight is 351 g/mol. The molecule has 128 valence electrons. The van der Waals surface area contributed by atoms with Crippen molar-refractivity contribution in [2.45, 2.75) is 32.7 Å². The zero-order valence-electron chi connectivity index (χ0n) is 14.4. The molecule has 1 aromatic carbocycles. The summed E-state index contributed by atoms with van der Waals surface area (Å²) < 4.78 is 0. The number of carbonyl (C=O) groups excluding carboxylic acids is 1. The molecule has 0 spiro atoms. The van der Waals surface area contributed by atoms with E-state index in [0.717, 1.165) is 28.4 Å². The standard InChI is InChI=1S/C20H21N3OS/c1-3-15-7-9-16(10-8-15)14(2)22-19(24)12-17-13-25-20(23-17)18-6-4-5-11-21-18/h4-11,13-14H,3,12H2,1-2H3,(H,22,24). The van der Waals surface area contributed by atoms with E-state index in [1.807, 2.05) is 30.5 Å². The smallest absolute Gasteiger partial charge is 0.226 e. The summed E-state index contributed by atoms with van der Waals surface area (Å²) in [5.74, 6) is -0.0232. The number of pyridine rings is 1. The highest BCUT2D eigenvalue weighted by molar-refractivity contribution is 7.13. The molecule has 1 unspecified atom stereocenters. The Morgan fingerprint density at radius 3 is 2.68 bits per heavy atom. The molecule has 1 amide bonds. The van der Waals surface area contributed by atoms with Gasteiger partial charge in [0.25, 0.3) is 0 Å². The van der Waals surface area contributed by atoms with E-state index in [2.05, 4.69) is 46.5 Å². The van der Waals surface area contributed by atoms with Crippen LogP contribution in [0.25, 0.3) is 10.7 Å². The third kappa shape index (κ3) is 4.51. The number of carbonyl (C=O) groups is 1. The van der Waals surface area contributed by atoms with Crippen molar-refractivity contribution in [2.75, 3.05) is 0 Å². The number of aryl methyl sites for hydroxylation is 1. The predicted octanol–water partition coefficient (Wildman–Crippen LogP) is 4.19. The molecule has 0 aliphatic rings. The second-order valence-electron chi connectivity index (χ2n) is 5.92. The van der Waals surface area contributed by atoms with E-state index < -0.39 is 0 Å². The molecule has 0 fully saturated rings. The second kappa shape index (κ2) is 8.03. The van der Waals surface area contributed by atoms with E-state index in [-0.39, 0.29) is 18.4 Å². The van der Waals surface area contributed by atoms with Gasteiger partial charge in [-0.15, -0.1) is 11.3 Å². The molecule has 2 aromatic heterocycles. The minimum absolute atomic E-state index is 0.0210. The third-order valence-electron chi connectivity index (χ3n) is 4.04. The van der Waals surface area contributed by atoms with Crippen molar-refractivity contribution in [3.05, 3.63) is 70.9 Å². The number of amides is 1. The van der Waals surface area contributed by atoms with Crippen molar-refractivity contribution >= 4 is 17.2 Å². The zero-order valence-corrected chi connectivity index (χ0v) is 15.2. The summed E-state index contributed by atoms with van der Waals surface area (Å²) in [5.41, 5.74) is 4.02. The molecular formula is C20H21N3OS. The number of aromatic nitrogens is 2. The quantitative estimate of drug-likeness (QED) is 0.724. The first-order chi connectivity index (χ1) is 12.2. The molecule has 25 heavy (non-hydrogen) atoms. The maximum absolute atomic E-state index is 12.3. The maximum Gasteiger partial charge on any atom is 0.226 e. The van der Waals surface area contributed by atoms with Crippen LogP contribution in [0, 0.1) is 0 Å². The summed E-state index contributed by atoms with van der Waals surface area (Å²) in [5, 5.41) is 5.80. The van der Waals surface area contributed by atoms with E-state index in [1.54, 1.807) is 6.20 Å². The highest BCUT2D eigenvalue weighted by atomic mass is 32.1. The van der Waals surface area contributed by atoms with Gasteiger partial charge >= 0.3 is 0 Å². The number of hydrogen-bond acceptors (Lipinski definition) is 4. The van der Waals surface area contributed by atoms with Crippen LogP contribution in [-0.4, -0.2) is 15.9 Å². The largest absolute Gasteiger partial charge is 0.349 e. The van der Waals surface area contributed by atoms with Crippen LogP contribution in [0.4, 0.5) is 0 Å². The Bertz CT molecular complexity index is 828. The Labute approximate surface area is 152 Å². The van der Waals surface area contributed by atoms with E-state index >= 15 is 0 Å². The van der Waals surface area contributed by atoms with Crippen molar-refractivity contribution in [3.8, 4) is 10.7 Å². The maximum atomic E-state index is 12.3. The lowest BCUT2D eigenvalue weighted by Crippen LogP contribution is -2.28. The van der Waals surface area contributed by atoms with Crippen molar-refractivity contribution in [1.29, 1.82) is 0 Å². The topological polar surface area (TPSA) is 54.9 Å². The molecule has 2 heterocycles. The molecule has 0 radical (unpaired) electrons. The molecule has 3 rings (SSSR count). The van der Waals surface area contributed by atoms with Gasteiger partial charge in [-0.2, -0.15) is 0 Å². The summed E-state index contributed by atoms with van der Waals surface area (Å²) in [6, 6.07) is 14.1. The van der Waals surface area contributed by atoms with E-state index in [1.165, 1.54) is 16.9 Å². The summed E-state index contributed by atoms with van der Waals surface area (Å²) in [6.07, 6.45) is 3.04. The minimum atomic E-state index is -0.0232. The Kier molecular flexibility index (Phi) is 5.56. The number of hydrogen-bond donors (Lipinski definition) is 1. The van der Waals surface area contributed by atoms with Crippen molar-refractivity contribution in [2.24, 2.45) is 0 Å². The average Bonchev–Trinajstić information content (AvgIpc) is 3.10.